The highest BCUT2D eigenvalue weighted by Crippen LogP contribution is 2.24. The maximum absolute atomic E-state index is 12.5. The Morgan fingerprint density at radius 3 is 2.69 bits per heavy atom. The predicted molar refractivity (Wildman–Crippen MR) is 92.1 cm³/mol. The van der Waals surface area contributed by atoms with Crippen molar-refractivity contribution in [3.8, 4) is 5.82 Å². The Kier molecular flexibility index (Phi) is 4.56. The van der Waals surface area contributed by atoms with Crippen molar-refractivity contribution in [1.82, 2.24) is 19.6 Å². The van der Waals surface area contributed by atoms with E-state index in [1.165, 1.54) is 41.9 Å². The molecule has 1 atom stereocenters. The van der Waals surface area contributed by atoms with Gasteiger partial charge in [-0.05, 0) is 25.1 Å². The number of carbonyl (C=O) groups excluding carboxylic acids is 1. The van der Waals surface area contributed by atoms with E-state index in [2.05, 4.69) is 15.5 Å². The minimum absolute atomic E-state index is 0.0469. The second kappa shape index (κ2) is 6.97. The van der Waals surface area contributed by atoms with E-state index >= 15 is 0 Å². The summed E-state index contributed by atoms with van der Waals surface area (Å²) < 4.78 is 2.45. The topological polar surface area (TPSA) is 125 Å². The van der Waals surface area contributed by atoms with Crippen molar-refractivity contribution >= 4 is 17.3 Å². The van der Waals surface area contributed by atoms with Gasteiger partial charge in [0.2, 0.25) is 5.91 Å². The van der Waals surface area contributed by atoms with Gasteiger partial charge in [0.25, 0.3) is 11.2 Å². The van der Waals surface area contributed by atoms with Crippen LogP contribution in [0.2, 0.25) is 0 Å². The number of hydrogen-bond donors (Lipinski definition) is 1. The van der Waals surface area contributed by atoms with Crippen molar-refractivity contribution < 1.29 is 9.72 Å². The van der Waals surface area contributed by atoms with Crippen molar-refractivity contribution in [2.75, 3.05) is 5.32 Å². The Morgan fingerprint density at radius 1 is 1.23 bits per heavy atom. The average molecular weight is 354 g/mol. The van der Waals surface area contributed by atoms with Crippen LogP contribution in [0.4, 0.5) is 11.4 Å². The smallest absolute Gasteiger partial charge is 0.292 e. The molecule has 1 aromatic carbocycles. The quantitative estimate of drug-likeness (QED) is 0.547. The fourth-order valence-electron chi connectivity index (χ4n) is 2.31. The molecule has 3 aromatic rings. The Bertz CT molecular complexity index is 1010. The molecule has 1 amide bonds. The van der Waals surface area contributed by atoms with Crippen LogP contribution in [0.15, 0.2) is 59.7 Å². The molecule has 0 aliphatic carbocycles. The number of carbonyl (C=O) groups is 1. The highest BCUT2D eigenvalue weighted by atomic mass is 16.6. The number of aromatic nitrogens is 4. The van der Waals surface area contributed by atoms with Gasteiger partial charge in [0.15, 0.2) is 5.82 Å². The lowest BCUT2D eigenvalue weighted by molar-refractivity contribution is -0.383. The lowest BCUT2D eigenvalue weighted by Crippen LogP contribution is -2.33. The maximum Gasteiger partial charge on any atom is 0.292 e. The first-order valence-electron chi connectivity index (χ1n) is 7.61. The number of anilines is 1. The van der Waals surface area contributed by atoms with Gasteiger partial charge in [-0.1, -0.05) is 12.1 Å². The molecule has 0 saturated carbocycles. The predicted octanol–water partition coefficient (Wildman–Crippen LogP) is 1.54. The van der Waals surface area contributed by atoms with Crippen LogP contribution in [0.3, 0.4) is 0 Å². The number of benzene rings is 1. The third kappa shape index (κ3) is 3.34. The van der Waals surface area contributed by atoms with Crippen molar-refractivity contribution in [3.63, 3.8) is 0 Å². The van der Waals surface area contributed by atoms with E-state index in [0.29, 0.717) is 5.82 Å². The molecular weight excluding hydrogens is 340 g/mol. The fourth-order valence-corrected chi connectivity index (χ4v) is 2.31. The first-order chi connectivity index (χ1) is 12.5. The van der Waals surface area contributed by atoms with Gasteiger partial charge < -0.3 is 5.32 Å². The summed E-state index contributed by atoms with van der Waals surface area (Å²) in [4.78, 5) is 35.0. The lowest BCUT2D eigenvalue weighted by atomic mass is 10.2. The minimum atomic E-state index is -0.988. The molecule has 26 heavy (non-hydrogen) atoms. The maximum atomic E-state index is 12.5. The van der Waals surface area contributed by atoms with Crippen molar-refractivity contribution in [2.45, 2.75) is 13.0 Å². The van der Waals surface area contributed by atoms with Gasteiger partial charge in [-0.2, -0.15) is 5.10 Å². The van der Waals surface area contributed by atoms with Crippen LogP contribution in [0.5, 0.6) is 0 Å². The Morgan fingerprint density at radius 2 is 2.00 bits per heavy atom. The minimum Gasteiger partial charge on any atom is -0.319 e. The lowest BCUT2D eigenvalue weighted by Gasteiger charge is -2.15. The van der Waals surface area contributed by atoms with Gasteiger partial charge in [-0.3, -0.25) is 19.7 Å². The summed E-state index contributed by atoms with van der Waals surface area (Å²) in [5.74, 6) is -0.244. The summed E-state index contributed by atoms with van der Waals surface area (Å²) in [5.41, 5.74) is -0.671. The van der Waals surface area contributed by atoms with E-state index < -0.39 is 22.4 Å². The third-order valence-electron chi connectivity index (χ3n) is 3.66. The standard InChI is InChI=1S/C16H14N6O4/c1-11(16(24)18-12-5-2-3-6-13(12)22(25)26)21-15(23)8-7-14(19-21)20-10-4-9-17-20/h2-11H,1H3,(H,18,24). The van der Waals surface area contributed by atoms with Crippen molar-refractivity contribution in [3.05, 3.63) is 75.3 Å². The largest absolute Gasteiger partial charge is 0.319 e. The first kappa shape index (κ1) is 17.0. The van der Waals surface area contributed by atoms with Crippen LogP contribution in [-0.2, 0) is 4.79 Å². The highest BCUT2D eigenvalue weighted by molar-refractivity contribution is 5.95. The second-order valence-corrected chi connectivity index (χ2v) is 5.36. The molecule has 10 nitrogen and oxygen atoms in total. The van der Waals surface area contributed by atoms with Crippen molar-refractivity contribution in [2.24, 2.45) is 0 Å². The molecule has 1 N–H and O–H groups in total. The molecule has 0 spiro atoms. The summed E-state index contributed by atoms with van der Waals surface area (Å²) in [6, 6.07) is 9.23. The Hall–Kier alpha value is -3.82. The zero-order valence-corrected chi connectivity index (χ0v) is 13.6. The van der Waals surface area contributed by atoms with Gasteiger partial charge >= 0.3 is 0 Å². The zero-order chi connectivity index (χ0) is 18.7. The zero-order valence-electron chi connectivity index (χ0n) is 13.6. The molecule has 3 rings (SSSR count). The van der Waals surface area contributed by atoms with Gasteiger partial charge in [0.05, 0.1) is 4.92 Å². The fraction of sp³-hybridized carbons (Fsp3) is 0.125. The number of nitro benzene ring substituents is 1. The van der Waals surface area contributed by atoms with Crippen LogP contribution in [0, 0.1) is 10.1 Å². The average Bonchev–Trinajstić information content (AvgIpc) is 3.16. The van der Waals surface area contributed by atoms with Crippen LogP contribution in [0.1, 0.15) is 13.0 Å². The SMILES string of the molecule is CC(C(=O)Nc1ccccc1[N+](=O)[O-])n1nc(-n2cccn2)ccc1=O. The number of rotatable bonds is 5. The number of nitro groups is 1. The monoisotopic (exact) mass is 354 g/mol. The first-order valence-corrected chi connectivity index (χ1v) is 7.61. The summed E-state index contributed by atoms with van der Waals surface area (Å²) in [6.45, 7) is 1.48. The van der Waals surface area contributed by atoms with E-state index in [0.717, 1.165) is 4.68 Å². The number of amides is 1. The van der Waals surface area contributed by atoms with E-state index in [4.69, 9.17) is 0 Å². The van der Waals surface area contributed by atoms with Gasteiger partial charge in [0.1, 0.15) is 11.7 Å². The molecule has 2 heterocycles. The third-order valence-corrected chi connectivity index (χ3v) is 3.66. The molecule has 0 fully saturated rings. The van der Waals surface area contributed by atoms with E-state index in [1.54, 1.807) is 24.5 Å². The van der Waals surface area contributed by atoms with Crippen LogP contribution >= 0.6 is 0 Å². The van der Waals surface area contributed by atoms with Crippen LogP contribution < -0.4 is 10.9 Å². The number of nitrogens with zero attached hydrogens (tertiary/aromatic N) is 5. The van der Waals surface area contributed by atoms with E-state index in [-0.39, 0.29) is 11.4 Å². The van der Waals surface area contributed by atoms with Crippen molar-refractivity contribution in [1.29, 1.82) is 0 Å². The summed E-state index contributed by atoms with van der Waals surface area (Å²) in [7, 11) is 0. The molecule has 1 unspecified atom stereocenters. The normalized spacial score (nSPS) is 11.7. The van der Waals surface area contributed by atoms with Gasteiger partial charge in [0, 0.05) is 24.5 Å². The molecule has 0 radical (unpaired) electrons. The number of nitrogens with one attached hydrogen (secondary N) is 1. The molecule has 2 aromatic heterocycles. The van der Waals surface area contributed by atoms with Gasteiger partial charge in [-0.15, -0.1) is 5.10 Å². The molecule has 0 saturated heterocycles. The van der Waals surface area contributed by atoms with Gasteiger partial charge in [-0.25, -0.2) is 9.36 Å². The number of para-hydroxylation sites is 2. The highest BCUT2D eigenvalue weighted by Gasteiger charge is 2.21. The second-order valence-electron chi connectivity index (χ2n) is 5.36. The molecular formula is C16H14N6O4. The molecule has 0 aliphatic rings. The molecule has 10 heteroatoms. The Labute approximate surface area is 146 Å². The number of hydrogen-bond acceptors (Lipinski definition) is 6. The molecule has 0 bridgehead atoms. The Balaban J connectivity index is 1.89. The van der Waals surface area contributed by atoms with E-state index in [1.807, 2.05) is 0 Å². The molecule has 0 aliphatic heterocycles. The summed E-state index contributed by atoms with van der Waals surface area (Å²) >= 11 is 0. The van der Waals surface area contributed by atoms with Crippen LogP contribution in [-0.4, -0.2) is 30.4 Å². The summed E-state index contributed by atoms with van der Waals surface area (Å²) in [6.07, 6.45) is 3.21. The summed E-state index contributed by atoms with van der Waals surface area (Å²) in [5, 5.41) is 21.7. The molecule has 132 valence electrons. The van der Waals surface area contributed by atoms with E-state index in [9.17, 15) is 19.7 Å². The van der Waals surface area contributed by atoms with Crippen LogP contribution in [0.25, 0.3) is 5.82 Å².